The van der Waals surface area contributed by atoms with Crippen molar-refractivity contribution in [3.8, 4) is 5.75 Å². The SMILES string of the molecule is COc1ccc(C(C)NC(C)C(=O)NCC(C)c2ccccc2)cc1Br. The van der Waals surface area contributed by atoms with Crippen LogP contribution in [-0.4, -0.2) is 25.6 Å². The molecule has 0 heterocycles. The minimum atomic E-state index is -0.283. The molecule has 3 unspecified atom stereocenters. The lowest BCUT2D eigenvalue weighted by molar-refractivity contribution is -0.123. The van der Waals surface area contributed by atoms with Gasteiger partial charge in [-0.25, -0.2) is 0 Å². The number of carbonyl (C=O) groups excluding carboxylic acids is 1. The van der Waals surface area contributed by atoms with Crippen molar-refractivity contribution < 1.29 is 9.53 Å². The molecule has 0 aliphatic heterocycles. The van der Waals surface area contributed by atoms with Crippen LogP contribution in [0.1, 0.15) is 43.9 Å². The van der Waals surface area contributed by atoms with Gasteiger partial charge in [-0.3, -0.25) is 10.1 Å². The van der Waals surface area contributed by atoms with E-state index in [9.17, 15) is 4.79 Å². The van der Waals surface area contributed by atoms with Gasteiger partial charge in [-0.15, -0.1) is 0 Å². The van der Waals surface area contributed by atoms with Crippen molar-refractivity contribution in [2.75, 3.05) is 13.7 Å². The highest BCUT2D eigenvalue weighted by Crippen LogP contribution is 2.28. The third-order valence-electron chi connectivity index (χ3n) is 4.52. The van der Waals surface area contributed by atoms with Gasteiger partial charge in [0.2, 0.25) is 5.91 Å². The monoisotopic (exact) mass is 418 g/mol. The Morgan fingerprint density at radius 2 is 1.77 bits per heavy atom. The molecule has 2 rings (SSSR count). The van der Waals surface area contributed by atoms with E-state index in [1.807, 2.05) is 50.2 Å². The van der Waals surface area contributed by atoms with E-state index in [1.54, 1.807) is 7.11 Å². The molecule has 3 atom stereocenters. The Labute approximate surface area is 164 Å². The average molecular weight is 419 g/mol. The van der Waals surface area contributed by atoms with Crippen LogP contribution >= 0.6 is 15.9 Å². The average Bonchev–Trinajstić information content (AvgIpc) is 2.66. The van der Waals surface area contributed by atoms with E-state index in [2.05, 4.69) is 45.6 Å². The second kappa shape index (κ2) is 9.74. The van der Waals surface area contributed by atoms with Gasteiger partial charge in [0, 0.05) is 12.6 Å². The summed E-state index contributed by atoms with van der Waals surface area (Å²) in [6.07, 6.45) is 0. The molecule has 5 heteroatoms. The topological polar surface area (TPSA) is 50.4 Å². The summed E-state index contributed by atoms with van der Waals surface area (Å²) >= 11 is 3.50. The molecule has 4 nitrogen and oxygen atoms in total. The molecular formula is C21H27BrN2O2. The van der Waals surface area contributed by atoms with Crippen molar-refractivity contribution in [2.45, 2.75) is 38.8 Å². The predicted octanol–water partition coefficient (Wildman–Crippen LogP) is 4.42. The van der Waals surface area contributed by atoms with Gasteiger partial charge in [0.05, 0.1) is 17.6 Å². The predicted molar refractivity (Wildman–Crippen MR) is 110 cm³/mol. The summed E-state index contributed by atoms with van der Waals surface area (Å²) in [4.78, 5) is 12.4. The maximum absolute atomic E-state index is 12.4. The van der Waals surface area contributed by atoms with Gasteiger partial charge in [0.25, 0.3) is 0 Å². The third kappa shape index (κ3) is 5.58. The van der Waals surface area contributed by atoms with Gasteiger partial charge in [-0.1, -0.05) is 43.3 Å². The largest absolute Gasteiger partial charge is 0.496 e. The maximum atomic E-state index is 12.4. The normalized spacial score (nSPS) is 14.3. The van der Waals surface area contributed by atoms with Crippen molar-refractivity contribution in [3.05, 3.63) is 64.1 Å². The van der Waals surface area contributed by atoms with E-state index in [0.717, 1.165) is 15.8 Å². The van der Waals surface area contributed by atoms with Crippen LogP contribution in [-0.2, 0) is 4.79 Å². The highest BCUT2D eigenvalue weighted by molar-refractivity contribution is 9.10. The maximum Gasteiger partial charge on any atom is 0.236 e. The van der Waals surface area contributed by atoms with E-state index in [-0.39, 0.29) is 23.9 Å². The zero-order valence-corrected chi connectivity index (χ0v) is 17.3. The number of hydrogen-bond donors (Lipinski definition) is 2. The molecule has 0 aromatic heterocycles. The van der Waals surface area contributed by atoms with Gasteiger partial charge in [-0.2, -0.15) is 0 Å². The summed E-state index contributed by atoms with van der Waals surface area (Å²) in [5, 5.41) is 6.39. The molecule has 0 aliphatic carbocycles. The molecule has 26 heavy (non-hydrogen) atoms. The van der Waals surface area contributed by atoms with Crippen LogP contribution in [0.2, 0.25) is 0 Å². The van der Waals surface area contributed by atoms with Crippen LogP contribution in [0.4, 0.5) is 0 Å². The Hall–Kier alpha value is -1.85. The Balaban J connectivity index is 1.87. The molecule has 0 radical (unpaired) electrons. The van der Waals surface area contributed by atoms with Crippen LogP contribution < -0.4 is 15.4 Å². The number of carbonyl (C=O) groups is 1. The molecule has 0 saturated carbocycles. The van der Waals surface area contributed by atoms with Crippen LogP contribution in [0.3, 0.4) is 0 Å². The van der Waals surface area contributed by atoms with E-state index in [0.29, 0.717) is 6.54 Å². The molecule has 0 saturated heterocycles. The molecular weight excluding hydrogens is 392 g/mol. The molecule has 2 aromatic rings. The minimum absolute atomic E-state index is 0.00667. The van der Waals surface area contributed by atoms with Crippen LogP contribution in [0.25, 0.3) is 0 Å². The van der Waals surface area contributed by atoms with Crippen molar-refractivity contribution in [1.29, 1.82) is 0 Å². The quantitative estimate of drug-likeness (QED) is 0.666. The van der Waals surface area contributed by atoms with E-state index >= 15 is 0 Å². The number of hydrogen-bond acceptors (Lipinski definition) is 3. The summed E-state index contributed by atoms with van der Waals surface area (Å²) in [6.45, 7) is 6.67. The smallest absolute Gasteiger partial charge is 0.236 e. The Kier molecular flexibility index (Phi) is 7.66. The van der Waals surface area contributed by atoms with Gasteiger partial charge < -0.3 is 10.1 Å². The Morgan fingerprint density at radius 3 is 2.38 bits per heavy atom. The molecule has 1 amide bonds. The van der Waals surface area contributed by atoms with Gasteiger partial charge in [0.1, 0.15) is 5.75 Å². The molecule has 2 aromatic carbocycles. The second-order valence-corrected chi connectivity index (χ2v) is 7.42. The van der Waals surface area contributed by atoms with Gasteiger partial charge in [-0.05, 0) is 59.0 Å². The van der Waals surface area contributed by atoms with E-state index in [4.69, 9.17) is 4.74 Å². The number of rotatable bonds is 8. The number of methoxy groups -OCH3 is 1. The fourth-order valence-corrected chi connectivity index (χ4v) is 3.36. The third-order valence-corrected chi connectivity index (χ3v) is 5.14. The fraction of sp³-hybridized carbons (Fsp3) is 0.381. The van der Waals surface area contributed by atoms with Crippen LogP contribution in [0.15, 0.2) is 53.0 Å². The lowest BCUT2D eigenvalue weighted by Crippen LogP contribution is -2.44. The zero-order valence-electron chi connectivity index (χ0n) is 15.8. The van der Waals surface area contributed by atoms with Gasteiger partial charge >= 0.3 is 0 Å². The highest BCUT2D eigenvalue weighted by Gasteiger charge is 2.17. The first-order valence-corrected chi connectivity index (χ1v) is 9.63. The first-order chi connectivity index (χ1) is 12.4. The van der Waals surface area contributed by atoms with Crippen molar-refractivity contribution >= 4 is 21.8 Å². The Morgan fingerprint density at radius 1 is 1.08 bits per heavy atom. The summed E-state index contributed by atoms with van der Waals surface area (Å²) in [5.41, 5.74) is 2.32. The molecule has 0 spiro atoms. The molecule has 0 fully saturated rings. The van der Waals surface area contributed by atoms with Crippen LogP contribution in [0, 0.1) is 0 Å². The first-order valence-electron chi connectivity index (χ1n) is 8.84. The summed E-state index contributed by atoms with van der Waals surface area (Å²) in [5.74, 6) is 1.08. The summed E-state index contributed by atoms with van der Waals surface area (Å²) in [7, 11) is 1.64. The number of amides is 1. The number of ether oxygens (including phenoxy) is 1. The number of nitrogens with one attached hydrogen (secondary N) is 2. The second-order valence-electron chi connectivity index (χ2n) is 6.56. The van der Waals surface area contributed by atoms with Crippen LogP contribution in [0.5, 0.6) is 5.75 Å². The molecule has 0 aliphatic rings. The fourth-order valence-electron chi connectivity index (χ4n) is 2.81. The van der Waals surface area contributed by atoms with E-state index < -0.39 is 0 Å². The number of benzene rings is 2. The van der Waals surface area contributed by atoms with E-state index in [1.165, 1.54) is 5.56 Å². The highest BCUT2D eigenvalue weighted by atomic mass is 79.9. The van der Waals surface area contributed by atoms with Gasteiger partial charge in [0.15, 0.2) is 0 Å². The molecule has 2 N–H and O–H groups in total. The molecule has 0 bridgehead atoms. The molecule has 140 valence electrons. The van der Waals surface area contributed by atoms with Crippen molar-refractivity contribution in [1.82, 2.24) is 10.6 Å². The first kappa shape index (κ1) is 20.5. The standard InChI is InChI=1S/C21H27BrN2O2/c1-14(17-8-6-5-7-9-17)13-23-21(25)16(3)24-15(2)18-10-11-20(26-4)19(22)12-18/h5-12,14-16,24H,13H2,1-4H3,(H,23,25). The Bertz CT molecular complexity index is 721. The van der Waals surface area contributed by atoms with Crippen molar-refractivity contribution in [3.63, 3.8) is 0 Å². The zero-order chi connectivity index (χ0) is 19.1. The lowest BCUT2D eigenvalue weighted by Gasteiger charge is -2.21. The minimum Gasteiger partial charge on any atom is -0.496 e. The number of halogens is 1. The van der Waals surface area contributed by atoms with Crippen molar-refractivity contribution in [2.24, 2.45) is 0 Å². The summed E-state index contributed by atoms with van der Waals surface area (Å²) in [6, 6.07) is 15.9. The lowest BCUT2D eigenvalue weighted by atomic mass is 10.0. The summed E-state index contributed by atoms with van der Waals surface area (Å²) < 4.78 is 6.16.